The van der Waals surface area contributed by atoms with Crippen LogP contribution in [0.4, 0.5) is 9.59 Å². The number of hydrogen-bond donors (Lipinski definition) is 1. The fourth-order valence-corrected chi connectivity index (χ4v) is 4.34. The summed E-state index contributed by atoms with van der Waals surface area (Å²) in [5.74, 6) is -0.600. The van der Waals surface area contributed by atoms with Crippen molar-refractivity contribution in [2.75, 3.05) is 52.4 Å². The monoisotopic (exact) mass is 480 g/mol. The molecule has 1 aromatic carbocycles. The summed E-state index contributed by atoms with van der Waals surface area (Å²) in [6.07, 6.45) is 1.26. The first kappa shape index (κ1) is 24.1. The number of ether oxygens (including phenoxy) is 1. The minimum atomic E-state index is -0.399. The van der Waals surface area contributed by atoms with E-state index in [0.717, 1.165) is 16.7 Å². The zero-order valence-electron chi connectivity index (χ0n) is 17.7. The molecule has 2 saturated heterocycles. The molecule has 0 radical (unpaired) electrons. The van der Waals surface area contributed by atoms with Crippen LogP contribution in [0, 0.1) is 0 Å². The minimum absolute atomic E-state index is 0.0902. The first-order valence-corrected chi connectivity index (χ1v) is 11.5. The molecule has 0 atom stereocenters. The molecular weight excluding hydrogens is 456 g/mol. The Morgan fingerprint density at radius 3 is 2.59 bits per heavy atom. The molecular formula is C21H25ClN4O5S. The fraction of sp³-hybridized carbons (Fsp3) is 0.429. The summed E-state index contributed by atoms with van der Waals surface area (Å²) in [6, 6.07) is 7.07. The molecule has 2 aliphatic rings. The van der Waals surface area contributed by atoms with Gasteiger partial charge in [0, 0.05) is 44.3 Å². The molecule has 2 aliphatic heterocycles. The molecule has 0 aliphatic carbocycles. The Labute approximate surface area is 195 Å². The first-order chi connectivity index (χ1) is 15.4. The maximum absolute atomic E-state index is 12.6. The molecule has 2 fully saturated rings. The van der Waals surface area contributed by atoms with Gasteiger partial charge in [0.2, 0.25) is 5.91 Å². The van der Waals surface area contributed by atoms with E-state index in [1.54, 1.807) is 42.2 Å². The van der Waals surface area contributed by atoms with E-state index < -0.39 is 5.91 Å². The molecule has 172 valence electrons. The third-order valence-corrected chi connectivity index (χ3v) is 6.24. The SMILES string of the molecule is CCOC(=O)N1CCN(CC(=O)NCCN2C(=O)S/C(=C\c3ccccc3Cl)C2=O)CC1. The highest BCUT2D eigenvalue weighted by Gasteiger charge is 2.34. The molecule has 4 amide bonds. The fourth-order valence-electron chi connectivity index (χ4n) is 3.30. The Kier molecular flexibility index (Phi) is 8.54. The average molecular weight is 481 g/mol. The molecule has 2 heterocycles. The van der Waals surface area contributed by atoms with Crippen molar-refractivity contribution < 1.29 is 23.9 Å². The summed E-state index contributed by atoms with van der Waals surface area (Å²) >= 11 is 6.97. The van der Waals surface area contributed by atoms with E-state index in [1.165, 1.54) is 0 Å². The van der Waals surface area contributed by atoms with Gasteiger partial charge >= 0.3 is 6.09 Å². The van der Waals surface area contributed by atoms with Gasteiger partial charge in [0.1, 0.15) is 0 Å². The predicted octanol–water partition coefficient (Wildman–Crippen LogP) is 2.27. The smallest absolute Gasteiger partial charge is 0.409 e. The van der Waals surface area contributed by atoms with E-state index in [-0.39, 0.29) is 36.9 Å². The van der Waals surface area contributed by atoms with Crippen molar-refractivity contribution in [2.45, 2.75) is 6.92 Å². The van der Waals surface area contributed by atoms with Gasteiger partial charge in [-0.05, 0) is 36.4 Å². The Morgan fingerprint density at radius 2 is 1.91 bits per heavy atom. The number of hydrogen-bond acceptors (Lipinski definition) is 7. The largest absolute Gasteiger partial charge is 0.450 e. The molecule has 0 spiro atoms. The van der Waals surface area contributed by atoms with E-state index in [1.807, 2.05) is 4.90 Å². The number of imide groups is 1. The molecule has 0 bridgehead atoms. The number of carbonyl (C=O) groups excluding carboxylic acids is 4. The molecule has 0 saturated carbocycles. The van der Waals surface area contributed by atoms with Gasteiger partial charge in [-0.15, -0.1) is 0 Å². The molecule has 3 rings (SSSR count). The molecule has 0 unspecified atom stereocenters. The van der Waals surface area contributed by atoms with Crippen LogP contribution in [0.2, 0.25) is 5.02 Å². The summed E-state index contributed by atoms with van der Waals surface area (Å²) in [5.41, 5.74) is 0.663. The lowest BCUT2D eigenvalue weighted by molar-refractivity contribution is -0.125. The third kappa shape index (κ3) is 6.24. The summed E-state index contributed by atoms with van der Waals surface area (Å²) in [5, 5.41) is 2.86. The Hall–Kier alpha value is -2.56. The highest BCUT2D eigenvalue weighted by molar-refractivity contribution is 8.18. The van der Waals surface area contributed by atoms with Gasteiger partial charge in [0.15, 0.2) is 0 Å². The number of rotatable bonds is 7. The van der Waals surface area contributed by atoms with Crippen LogP contribution in [-0.2, 0) is 14.3 Å². The lowest BCUT2D eigenvalue weighted by Gasteiger charge is -2.33. The number of nitrogens with one attached hydrogen (secondary N) is 1. The van der Waals surface area contributed by atoms with Crippen LogP contribution >= 0.6 is 23.4 Å². The molecule has 9 nitrogen and oxygen atoms in total. The maximum Gasteiger partial charge on any atom is 0.409 e. The number of halogens is 1. The quantitative estimate of drug-likeness (QED) is 0.597. The average Bonchev–Trinajstić information content (AvgIpc) is 3.03. The number of piperazine rings is 1. The normalized spacial score (nSPS) is 18.4. The Morgan fingerprint density at radius 1 is 1.19 bits per heavy atom. The van der Waals surface area contributed by atoms with Crippen molar-refractivity contribution >= 4 is 52.6 Å². The molecule has 1 N–H and O–H groups in total. The van der Waals surface area contributed by atoms with Gasteiger partial charge in [-0.3, -0.25) is 24.2 Å². The van der Waals surface area contributed by atoms with Gasteiger partial charge in [0.25, 0.3) is 11.1 Å². The van der Waals surface area contributed by atoms with Crippen LogP contribution in [0.1, 0.15) is 12.5 Å². The van der Waals surface area contributed by atoms with Gasteiger partial charge in [-0.25, -0.2) is 4.79 Å². The van der Waals surface area contributed by atoms with Crippen LogP contribution in [0.15, 0.2) is 29.2 Å². The first-order valence-electron chi connectivity index (χ1n) is 10.3. The van der Waals surface area contributed by atoms with Crippen LogP contribution in [-0.4, -0.2) is 90.3 Å². The van der Waals surface area contributed by atoms with E-state index in [2.05, 4.69) is 5.32 Å². The van der Waals surface area contributed by atoms with Crippen molar-refractivity contribution in [3.8, 4) is 0 Å². The third-order valence-electron chi connectivity index (χ3n) is 4.99. The van der Waals surface area contributed by atoms with Crippen LogP contribution in [0.25, 0.3) is 6.08 Å². The molecule has 0 aromatic heterocycles. The van der Waals surface area contributed by atoms with Gasteiger partial charge in [-0.1, -0.05) is 29.8 Å². The highest BCUT2D eigenvalue weighted by Crippen LogP contribution is 2.33. The van der Waals surface area contributed by atoms with Crippen molar-refractivity contribution in [3.63, 3.8) is 0 Å². The zero-order valence-corrected chi connectivity index (χ0v) is 19.3. The number of carbonyl (C=O) groups is 4. The number of nitrogens with zero attached hydrogens (tertiary/aromatic N) is 3. The summed E-state index contributed by atoms with van der Waals surface area (Å²) in [7, 11) is 0. The maximum atomic E-state index is 12.6. The van der Waals surface area contributed by atoms with Crippen LogP contribution in [0.3, 0.4) is 0 Å². The second kappa shape index (κ2) is 11.3. The molecule has 1 aromatic rings. The minimum Gasteiger partial charge on any atom is -0.450 e. The van der Waals surface area contributed by atoms with Crippen molar-refractivity contribution in [1.82, 2.24) is 20.0 Å². The Bertz CT molecular complexity index is 917. The van der Waals surface area contributed by atoms with Crippen LogP contribution in [0.5, 0.6) is 0 Å². The van der Waals surface area contributed by atoms with E-state index in [0.29, 0.717) is 48.3 Å². The van der Waals surface area contributed by atoms with Crippen molar-refractivity contribution in [3.05, 3.63) is 39.8 Å². The lowest BCUT2D eigenvalue weighted by Crippen LogP contribution is -2.51. The number of benzene rings is 1. The standard InChI is InChI=1S/C21H25ClN4O5S/c1-2-31-20(29)25-11-9-24(10-12-25)14-18(27)23-7-8-26-19(28)17(32-21(26)30)13-15-5-3-4-6-16(15)22/h3-6,13H,2,7-12,14H2,1H3,(H,23,27)/b17-13-. The Balaban J connectivity index is 1.42. The summed E-state index contributed by atoms with van der Waals surface area (Å²) in [4.78, 5) is 53.7. The second-order valence-corrected chi connectivity index (χ2v) is 8.57. The van der Waals surface area contributed by atoms with E-state index in [4.69, 9.17) is 16.3 Å². The van der Waals surface area contributed by atoms with Crippen molar-refractivity contribution in [1.29, 1.82) is 0 Å². The number of thioether (sulfide) groups is 1. The highest BCUT2D eigenvalue weighted by atomic mass is 35.5. The van der Waals surface area contributed by atoms with Crippen LogP contribution < -0.4 is 5.32 Å². The molecule has 11 heteroatoms. The topological polar surface area (TPSA) is 99.3 Å². The second-order valence-electron chi connectivity index (χ2n) is 7.17. The summed E-state index contributed by atoms with van der Waals surface area (Å²) in [6.45, 7) is 4.68. The number of amides is 4. The van der Waals surface area contributed by atoms with Gasteiger partial charge in [0.05, 0.1) is 18.1 Å². The van der Waals surface area contributed by atoms with Crippen molar-refractivity contribution in [2.24, 2.45) is 0 Å². The lowest BCUT2D eigenvalue weighted by atomic mass is 10.2. The molecule has 32 heavy (non-hydrogen) atoms. The van der Waals surface area contributed by atoms with E-state index >= 15 is 0 Å². The van der Waals surface area contributed by atoms with Gasteiger partial charge < -0.3 is 15.0 Å². The van der Waals surface area contributed by atoms with E-state index in [9.17, 15) is 19.2 Å². The predicted molar refractivity (Wildman–Crippen MR) is 122 cm³/mol. The van der Waals surface area contributed by atoms with Gasteiger partial charge in [-0.2, -0.15) is 0 Å². The zero-order chi connectivity index (χ0) is 23.1. The summed E-state index contributed by atoms with van der Waals surface area (Å²) < 4.78 is 4.98.